The maximum atomic E-state index is 3.25. The summed E-state index contributed by atoms with van der Waals surface area (Å²) in [6, 6.07) is 31.0. The van der Waals surface area contributed by atoms with E-state index in [0.717, 1.165) is 12.0 Å². The van der Waals surface area contributed by atoms with Crippen LogP contribution in [0.3, 0.4) is 0 Å². The van der Waals surface area contributed by atoms with Gasteiger partial charge in [0.15, 0.2) is 0 Å². The van der Waals surface area contributed by atoms with Crippen LogP contribution in [-0.2, 0) is 0 Å². The van der Waals surface area contributed by atoms with E-state index in [9.17, 15) is 0 Å². The SMILES string of the molecule is C(#Cc1ccccc1)CC=C(c1ccccc1)c1ccccc1. The number of allylic oxidation sites excluding steroid dienone is 1. The van der Waals surface area contributed by atoms with Crippen molar-refractivity contribution in [1.82, 2.24) is 0 Å². The van der Waals surface area contributed by atoms with E-state index < -0.39 is 0 Å². The lowest BCUT2D eigenvalue weighted by Crippen LogP contribution is -1.87. The third-order valence-electron chi connectivity index (χ3n) is 3.58. The molecule has 0 heteroatoms. The predicted molar refractivity (Wildman–Crippen MR) is 97.9 cm³/mol. The van der Waals surface area contributed by atoms with Crippen LogP contribution in [0.25, 0.3) is 5.57 Å². The lowest BCUT2D eigenvalue weighted by Gasteiger charge is -2.07. The molecule has 0 saturated heterocycles. The zero-order valence-corrected chi connectivity index (χ0v) is 12.9. The van der Waals surface area contributed by atoms with Crippen molar-refractivity contribution in [1.29, 1.82) is 0 Å². The molecule has 0 nitrogen and oxygen atoms in total. The van der Waals surface area contributed by atoms with E-state index in [1.807, 2.05) is 42.5 Å². The first-order valence-corrected chi connectivity index (χ1v) is 7.78. The molecule has 0 spiro atoms. The molecule has 0 amide bonds. The topological polar surface area (TPSA) is 0 Å². The van der Waals surface area contributed by atoms with Crippen molar-refractivity contribution >= 4 is 5.57 Å². The van der Waals surface area contributed by atoms with Crippen molar-refractivity contribution in [2.24, 2.45) is 0 Å². The van der Waals surface area contributed by atoms with Crippen LogP contribution in [0.15, 0.2) is 97.1 Å². The maximum Gasteiger partial charge on any atom is 0.0282 e. The summed E-state index contributed by atoms with van der Waals surface area (Å²) in [5, 5.41) is 0. The van der Waals surface area contributed by atoms with Crippen LogP contribution in [0.4, 0.5) is 0 Å². The largest absolute Gasteiger partial charge is 0.0937 e. The Morgan fingerprint density at radius 2 is 1.13 bits per heavy atom. The quantitative estimate of drug-likeness (QED) is 0.555. The second kappa shape index (κ2) is 7.82. The minimum atomic E-state index is 0.730. The van der Waals surface area contributed by atoms with Crippen LogP contribution >= 0.6 is 0 Å². The summed E-state index contributed by atoms with van der Waals surface area (Å²) in [5.41, 5.74) is 4.73. The van der Waals surface area contributed by atoms with E-state index in [1.54, 1.807) is 0 Å². The van der Waals surface area contributed by atoms with E-state index in [4.69, 9.17) is 0 Å². The molecule has 0 aliphatic rings. The van der Waals surface area contributed by atoms with Crippen LogP contribution in [0, 0.1) is 11.8 Å². The first-order valence-electron chi connectivity index (χ1n) is 7.78. The van der Waals surface area contributed by atoms with Crippen molar-refractivity contribution in [3.8, 4) is 11.8 Å². The highest BCUT2D eigenvalue weighted by Gasteiger charge is 2.02. The first-order chi connectivity index (χ1) is 11.4. The highest BCUT2D eigenvalue weighted by molar-refractivity contribution is 5.79. The van der Waals surface area contributed by atoms with Gasteiger partial charge in [-0.25, -0.2) is 0 Å². The van der Waals surface area contributed by atoms with Gasteiger partial charge in [0.25, 0.3) is 0 Å². The lowest BCUT2D eigenvalue weighted by molar-refractivity contribution is 1.43. The molecule has 110 valence electrons. The van der Waals surface area contributed by atoms with Gasteiger partial charge in [-0.2, -0.15) is 0 Å². The van der Waals surface area contributed by atoms with E-state index in [0.29, 0.717) is 0 Å². The summed E-state index contributed by atoms with van der Waals surface area (Å²) in [4.78, 5) is 0. The molecule has 0 fully saturated rings. The van der Waals surface area contributed by atoms with Gasteiger partial charge in [0, 0.05) is 12.0 Å². The average Bonchev–Trinajstić information content (AvgIpc) is 2.64. The van der Waals surface area contributed by atoms with Crippen molar-refractivity contribution in [2.45, 2.75) is 6.42 Å². The highest BCUT2D eigenvalue weighted by atomic mass is 14.1. The first kappa shape index (κ1) is 14.9. The summed E-state index contributed by atoms with van der Waals surface area (Å²) in [6.45, 7) is 0. The molecule has 0 heterocycles. The van der Waals surface area contributed by atoms with Crippen LogP contribution in [-0.4, -0.2) is 0 Å². The van der Waals surface area contributed by atoms with Crippen molar-refractivity contribution in [2.75, 3.05) is 0 Å². The fraction of sp³-hybridized carbons (Fsp3) is 0.0435. The molecular formula is C23H18. The molecule has 0 aromatic heterocycles. The van der Waals surface area contributed by atoms with Crippen LogP contribution in [0.5, 0.6) is 0 Å². The molecule has 0 N–H and O–H groups in total. The minimum absolute atomic E-state index is 0.730. The van der Waals surface area contributed by atoms with Gasteiger partial charge in [0.2, 0.25) is 0 Å². The van der Waals surface area contributed by atoms with Gasteiger partial charge < -0.3 is 0 Å². The molecular weight excluding hydrogens is 276 g/mol. The second-order valence-electron chi connectivity index (χ2n) is 5.22. The van der Waals surface area contributed by atoms with Gasteiger partial charge in [0.05, 0.1) is 0 Å². The number of benzene rings is 3. The normalized spacial score (nSPS) is 9.57. The molecule has 0 atom stereocenters. The summed E-state index contributed by atoms with van der Waals surface area (Å²) in [7, 11) is 0. The Balaban J connectivity index is 1.86. The van der Waals surface area contributed by atoms with Gasteiger partial charge in [0.1, 0.15) is 0 Å². The fourth-order valence-corrected chi connectivity index (χ4v) is 2.47. The number of hydrogen-bond donors (Lipinski definition) is 0. The lowest BCUT2D eigenvalue weighted by atomic mass is 9.97. The van der Waals surface area contributed by atoms with Crippen LogP contribution in [0.2, 0.25) is 0 Å². The molecule has 3 aromatic rings. The predicted octanol–water partition coefficient (Wildman–Crippen LogP) is 5.56. The smallest absolute Gasteiger partial charge is 0.0282 e. The zero-order valence-electron chi connectivity index (χ0n) is 12.9. The van der Waals surface area contributed by atoms with E-state index in [1.165, 1.54) is 16.7 Å². The molecule has 0 radical (unpaired) electrons. The Hall–Kier alpha value is -3.04. The molecule has 0 unspecified atom stereocenters. The number of hydrogen-bond acceptors (Lipinski definition) is 0. The van der Waals surface area contributed by atoms with Crippen molar-refractivity contribution in [3.63, 3.8) is 0 Å². The molecule has 0 aliphatic heterocycles. The third kappa shape index (κ3) is 4.22. The molecule has 3 aromatic carbocycles. The Bertz CT molecular complexity index is 775. The van der Waals surface area contributed by atoms with Crippen LogP contribution < -0.4 is 0 Å². The van der Waals surface area contributed by atoms with E-state index in [-0.39, 0.29) is 0 Å². The van der Waals surface area contributed by atoms with E-state index >= 15 is 0 Å². The fourth-order valence-electron chi connectivity index (χ4n) is 2.47. The monoisotopic (exact) mass is 294 g/mol. The maximum absolute atomic E-state index is 3.25. The molecule has 0 saturated carbocycles. The zero-order chi connectivity index (χ0) is 15.7. The van der Waals surface area contributed by atoms with Gasteiger partial charge in [-0.15, -0.1) is 0 Å². The van der Waals surface area contributed by atoms with Gasteiger partial charge in [-0.05, 0) is 28.8 Å². The molecule has 3 rings (SSSR count). The Kier molecular flexibility index (Phi) is 5.06. The summed E-state index contributed by atoms with van der Waals surface area (Å²) in [6.07, 6.45) is 2.94. The summed E-state index contributed by atoms with van der Waals surface area (Å²) in [5.74, 6) is 6.45. The Morgan fingerprint density at radius 1 is 0.652 bits per heavy atom. The third-order valence-corrected chi connectivity index (χ3v) is 3.58. The Morgan fingerprint density at radius 3 is 1.65 bits per heavy atom. The van der Waals surface area contributed by atoms with Gasteiger partial charge in [-0.3, -0.25) is 0 Å². The van der Waals surface area contributed by atoms with Gasteiger partial charge >= 0.3 is 0 Å². The molecule has 0 aliphatic carbocycles. The standard InChI is InChI=1S/C23H18/c1-4-12-20(13-5-1)14-10-11-19-23(21-15-6-2-7-16-21)22-17-8-3-9-18-22/h1-9,12-13,15-19H,11H2. The minimum Gasteiger partial charge on any atom is -0.0937 e. The average molecular weight is 294 g/mol. The highest BCUT2D eigenvalue weighted by Crippen LogP contribution is 2.23. The summed E-state index contributed by atoms with van der Waals surface area (Å²) >= 11 is 0. The van der Waals surface area contributed by atoms with E-state index in [2.05, 4.69) is 66.4 Å². The van der Waals surface area contributed by atoms with Gasteiger partial charge in [-0.1, -0.05) is 96.8 Å². The van der Waals surface area contributed by atoms with Crippen LogP contribution in [0.1, 0.15) is 23.1 Å². The Labute approximate surface area is 138 Å². The molecule has 23 heavy (non-hydrogen) atoms. The molecule has 0 bridgehead atoms. The summed E-state index contributed by atoms with van der Waals surface area (Å²) < 4.78 is 0. The number of rotatable bonds is 3. The van der Waals surface area contributed by atoms with Crippen molar-refractivity contribution < 1.29 is 0 Å². The second-order valence-corrected chi connectivity index (χ2v) is 5.22. The van der Waals surface area contributed by atoms with Crippen molar-refractivity contribution in [3.05, 3.63) is 114 Å².